The predicted octanol–water partition coefficient (Wildman–Crippen LogP) is 3.75. The second-order valence-electron chi connectivity index (χ2n) is 6.04. The van der Waals surface area contributed by atoms with E-state index in [1.54, 1.807) is 0 Å². The zero-order valence-corrected chi connectivity index (χ0v) is 12.0. The number of hydrogen-bond donors (Lipinski definition) is 0. The molecule has 2 heteroatoms. The fraction of sp³-hybridized carbons (Fsp3) is 0.500. The largest absolute Gasteiger partial charge is 0.343 e. The van der Waals surface area contributed by atoms with Crippen LogP contribution < -0.4 is 0 Å². The maximum absolute atomic E-state index is 12.3. The van der Waals surface area contributed by atoms with E-state index in [0.29, 0.717) is 24.2 Å². The molecular formula is C18H23NO. The molecule has 0 radical (unpaired) electrons. The van der Waals surface area contributed by atoms with Crippen LogP contribution in [-0.2, 0) is 4.79 Å². The van der Waals surface area contributed by atoms with Crippen LogP contribution in [0.4, 0.5) is 0 Å². The standard InChI is InChI=1S/C18H23NO/c20-18(14-15-6-4-5-7-15)19-12-10-17(11-13-19)16-8-2-1-3-9-16/h1-4,6,8-9,15,17H,5,7,10-14H2. The highest BCUT2D eigenvalue weighted by Gasteiger charge is 2.25. The summed E-state index contributed by atoms with van der Waals surface area (Å²) in [5.41, 5.74) is 1.43. The molecule has 1 aromatic carbocycles. The summed E-state index contributed by atoms with van der Waals surface area (Å²) in [6.45, 7) is 1.85. The molecular weight excluding hydrogens is 246 g/mol. The number of piperidine rings is 1. The van der Waals surface area contributed by atoms with E-state index in [1.807, 2.05) is 0 Å². The molecule has 1 heterocycles. The zero-order valence-electron chi connectivity index (χ0n) is 12.0. The summed E-state index contributed by atoms with van der Waals surface area (Å²) in [5.74, 6) is 1.48. The van der Waals surface area contributed by atoms with E-state index in [1.165, 1.54) is 5.56 Å². The minimum absolute atomic E-state index is 0.355. The second kappa shape index (κ2) is 6.25. The van der Waals surface area contributed by atoms with Crippen LogP contribution in [0.15, 0.2) is 42.5 Å². The van der Waals surface area contributed by atoms with E-state index < -0.39 is 0 Å². The number of benzene rings is 1. The monoisotopic (exact) mass is 269 g/mol. The summed E-state index contributed by atoms with van der Waals surface area (Å²) in [7, 11) is 0. The number of allylic oxidation sites excluding steroid dienone is 2. The first kappa shape index (κ1) is 13.4. The Kier molecular flexibility index (Phi) is 4.19. The summed E-state index contributed by atoms with van der Waals surface area (Å²) in [6, 6.07) is 10.7. The zero-order chi connectivity index (χ0) is 13.8. The molecule has 2 nitrogen and oxygen atoms in total. The summed E-state index contributed by atoms with van der Waals surface area (Å²) in [6.07, 6.45) is 9.66. The van der Waals surface area contributed by atoms with E-state index in [0.717, 1.165) is 38.8 Å². The van der Waals surface area contributed by atoms with Crippen LogP contribution >= 0.6 is 0 Å². The molecule has 0 spiro atoms. The highest BCUT2D eigenvalue weighted by Crippen LogP contribution is 2.29. The average molecular weight is 269 g/mol. The Hall–Kier alpha value is -1.57. The van der Waals surface area contributed by atoms with Gasteiger partial charge in [0.1, 0.15) is 0 Å². The Labute approximate surface area is 121 Å². The van der Waals surface area contributed by atoms with E-state index in [4.69, 9.17) is 0 Å². The molecule has 1 unspecified atom stereocenters. The highest BCUT2D eigenvalue weighted by atomic mass is 16.2. The molecule has 1 aliphatic carbocycles. The Morgan fingerprint density at radius 1 is 1.10 bits per heavy atom. The molecule has 1 saturated heterocycles. The van der Waals surface area contributed by atoms with Gasteiger partial charge in [-0.05, 0) is 43.1 Å². The Bertz CT molecular complexity index is 471. The number of amides is 1. The summed E-state index contributed by atoms with van der Waals surface area (Å²) < 4.78 is 0. The van der Waals surface area contributed by atoms with Crippen LogP contribution in [0.1, 0.15) is 43.6 Å². The minimum Gasteiger partial charge on any atom is -0.343 e. The van der Waals surface area contributed by atoms with Crippen molar-refractivity contribution in [2.24, 2.45) is 5.92 Å². The molecule has 1 fully saturated rings. The van der Waals surface area contributed by atoms with E-state index >= 15 is 0 Å². The number of carbonyl (C=O) groups is 1. The number of carbonyl (C=O) groups excluding carboxylic acids is 1. The van der Waals surface area contributed by atoms with Gasteiger partial charge in [0.15, 0.2) is 0 Å². The predicted molar refractivity (Wildman–Crippen MR) is 81.5 cm³/mol. The normalized spacial score (nSPS) is 23.2. The van der Waals surface area contributed by atoms with E-state index in [-0.39, 0.29) is 0 Å². The molecule has 1 aromatic rings. The van der Waals surface area contributed by atoms with Crippen molar-refractivity contribution in [2.75, 3.05) is 13.1 Å². The van der Waals surface area contributed by atoms with E-state index in [2.05, 4.69) is 47.4 Å². The molecule has 3 rings (SSSR count). The summed E-state index contributed by atoms with van der Waals surface area (Å²) in [5, 5.41) is 0. The number of likely N-dealkylation sites (tertiary alicyclic amines) is 1. The molecule has 0 bridgehead atoms. The van der Waals surface area contributed by atoms with Gasteiger partial charge in [0.2, 0.25) is 5.91 Å². The van der Waals surface area contributed by atoms with Crippen molar-refractivity contribution >= 4 is 5.91 Å². The number of hydrogen-bond acceptors (Lipinski definition) is 1. The van der Waals surface area contributed by atoms with Crippen LogP contribution in [0.5, 0.6) is 0 Å². The summed E-state index contributed by atoms with van der Waals surface area (Å²) in [4.78, 5) is 14.4. The van der Waals surface area contributed by atoms with E-state index in [9.17, 15) is 4.79 Å². The van der Waals surface area contributed by atoms with Gasteiger partial charge in [0.05, 0.1) is 0 Å². The van der Waals surface area contributed by atoms with Crippen LogP contribution in [0.2, 0.25) is 0 Å². The molecule has 1 aliphatic heterocycles. The molecule has 1 amide bonds. The third-order valence-electron chi connectivity index (χ3n) is 4.67. The lowest BCUT2D eigenvalue weighted by atomic mass is 9.89. The highest BCUT2D eigenvalue weighted by molar-refractivity contribution is 5.76. The molecule has 106 valence electrons. The first-order chi connectivity index (χ1) is 9.83. The molecule has 0 aromatic heterocycles. The van der Waals surface area contributed by atoms with Crippen molar-refractivity contribution in [1.82, 2.24) is 4.90 Å². The van der Waals surface area contributed by atoms with Crippen LogP contribution in [0.3, 0.4) is 0 Å². The molecule has 0 N–H and O–H groups in total. The third-order valence-corrected chi connectivity index (χ3v) is 4.67. The van der Waals surface area contributed by atoms with Gasteiger partial charge < -0.3 is 4.90 Å². The lowest BCUT2D eigenvalue weighted by Crippen LogP contribution is -2.38. The van der Waals surface area contributed by atoms with Gasteiger partial charge in [-0.15, -0.1) is 0 Å². The van der Waals surface area contributed by atoms with Gasteiger partial charge in [0, 0.05) is 19.5 Å². The van der Waals surface area contributed by atoms with Crippen molar-refractivity contribution < 1.29 is 4.79 Å². The van der Waals surface area contributed by atoms with Crippen molar-refractivity contribution in [1.29, 1.82) is 0 Å². The quantitative estimate of drug-likeness (QED) is 0.765. The maximum Gasteiger partial charge on any atom is 0.223 e. The van der Waals surface area contributed by atoms with Crippen molar-refractivity contribution in [3.8, 4) is 0 Å². The maximum atomic E-state index is 12.3. The topological polar surface area (TPSA) is 20.3 Å². The molecule has 20 heavy (non-hydrogen) atoms. The Morgan fingerprint density at radius 2 is 1.85 bits per heavy atom. The molecule has 1 atom stereocenters. The smallest absolute Gasteiger partial charge is 0.223 e. The second-order valence-corrected chi connectivity index (χ2v) is 6.04. The van der Waals surface area contributed by atoms with Gasteiger partial charge in [-0.25, -0.2) is 0 Å². The Morgan fingerprint density at radius 3 is 2.50 bits per heavy atom. The van der Waals surface area contributed by atoms with Crippen molar-refractivity contribution in [3.63, 3.8) is 0 Å². The van der Waals surface area contributed by atoms with Crippen molar-refractivity contribution in [2.45, 2.75) is 38.0 Å². The summed E-state index contributed by atoms with van der Waals surface area (Å²) >= 11 is 0. The van der Waals surface area contributed by atoms with Crippen LogP contribution in [0.25, 0.3) is 0 Å². The minimum atomic E-state index is 0.355. The molecule has 2 aliphatic rings. The Balaban J connectivity index is 1.50. The first-order valence-corrected chi connectivity index (χ1v) is 7.82. The van der Waals surface area contributed by atoms with Gasteiger partial charge in [-0.2, -0.15) is 0 Å². The fourth-order valence-corrected chi connectivity index (χ4v) is 3.41. The first-order valence-electron chi connectivity index (χ1n) is 7.82. The SMILES string of the molecule is O=C(CC1C=CCC1)N1CCC(c2ccccc2)CC1. The fourth-order valence-electron chi connectivity index (χ4n) is 3.41. The molecule has 0 saturated carbocycles. The van der Waals surface area contributed by atoms with Gasteiger partial charge >= 0.3 is 0 Å². The van der Waals surface area contributed by atoms with Crippen molar-refractivity contribution in [3.05, 3.63) is 48.0 Å². The van der Waals surface area contributed by atoms with Crippen LogP contribution in [-0.4, -0.2) is 23.9 Å². The van der Waals surface area contributed by atoms with Crippen LogP contribution in [0, 0.1) is 5.92 Å². The number of nitrogens with zero attached hydrogens (tertiary/aromatic N) is 1. The average Bonchev–Trinajstić information content (AvgIpc) is 3.01. The van der Waals surface area contributed by atoms with Gasteiger partial charge in [0.25, 0.3) is 0 Å². The third kappa shape index (κ3) is 3.12. The van der Waals surface area contributed by atoms with Gasteiger partial charge in [-0.3, -0.25) is 4.79 Å². The number of rotatable bonds is 3. The lowest BCUT2D eigenvalue weighted by molar-refractivity contribution is -0.132. The lowest BCUT2D eigenvalue weighted by Gasteiger charge is -2.32. The van der Waals surface area contributed by atoms with Gasteiger partial charge in [-0.1, -0.05) is 42.5 Å².